The molecule has 102 valence electrons. The third kappa shape index (κ3) is 2.95. The Morgan fingerprint density at radius 2 is 1.85 bits per heavy atom. The monoisotopic (exact) mass is 270 g/mol. The van der Waals surface area contributed by atoms with Crippen LogP contribution in [0.4, 0.5) is 5.69 Å². The molecule has 2 rings (SSSR count). The van der Waals surface area contributed by atoms with Crippen molar-refractivity contribution >= 4 is 17.6 Å². The van der Waals surface area contributed by atoms with E-state index in [2.05, 4.69) is 5.32 Å². The Hall–Kier alpha value is -2.82. The first kappa shape index (κ1) is 13.6. The zero-order valence-corrected chi connectivity index (χ0v) is 10.8. The van der Waals surface area contributed by atoms with Gasteiger partial charge in [0.05, 0.1) is 18.6 Å². The maximum absolute atomic E-state index is 12.1. The van der Waals surface area contributed by atoms with Crippen LogP contribution in [0.5, 0.6) is 5.75 Å². The summed E-state index contributed by atoms with van der Waals surface area (Å²) in [6, 6.07) is 12.6. The second-order valence-corrected chi connectivity index (χ2v) is 4.02. The maximum Gasteiger partial charge on any atom is 0.259 e. The van der Waals surface area contributed by atoms with Gasteiger partial charge in [0.25, 0.3) is 5.91 Å². The number of carboxylic acids is 1. The lowest BCUT2D eigenvalue weighted by Gasteiger charge is -2.10. The van der Waals surface area contributed by atoms with Crippen molar-refractivity contribution in [1.29, 1.82) is 0 Å². The van der Waals surface area contributed by atoms with Crippen molar-refractivity contribution < 1.29 is 19.4 Å². The summed E-state index contributed by atoms with van der Waals surface area (Å²) in [5.41, 5.74) is 0.749. The average molecular weight is 270 g/mol. The molecule has 1 amide bonds. The van der Waals surface area contributed by atoms with Crippen LogP contribution in [0.25, 0.3) is 0 Å². The van der Waals surface area contributed by atoms with Crippen molar-refractivity contribution in [2.24, 2.45) is 0 Å². The first-order chi connectivity index (χ1) is 9.61. The van der Waals surface area contributed by atoms with Gasteiger partial charge in [0.1, 0.15) is 5.75 Å². The van der Waals surface area contributed by atoms with E-state index in [1.54, 1.807) is 30.3 Å². The van der Waals surface area contributed by atoms with Crippen LogP contribution in [0.3, 0.4) is 0 Å². The van der Waals surface area contributed by atoms with Crippen LogP contribution in [0.2, 0.25) is 0 Å². The van der Waals surface area contributed by atoms with E-state index < -0.39 is 5.97 Å². The quantitative estimate of drug-likeness (QED) is 0.908. The fourth-order valence-electron chi connectivity index (χ4n) is 1.75. The molecule has 0 aliphatic rings. The molecule has 0 aliphatic carbocycles. The molecular formula is C15H12NO4-. The van der Waals surface area contributed by atoms with Crippen LogP contribution in [0, 0.1) is 0 Å². The molecule has 1 N–H and O–H groups in total. The molecule has 0 saturated carbocycles. The minimum atomic E-state index is -1.29. The Morgan fingerprint density at radius 1 is 1.10 bits per heavy atom. The highest BCUT2D eigenvalue weighted by molar-refractivity contribution is 6.06. The smallest absolute Gasteiger partial charge is 0.259 e. The Bertz CT molecular complexity index is 652. The van der Waals surface area contributed by atoms with Crippen LogP contribution in [-0.4, -0.2) is 19.0 Å². The molecule has 0 spiro atoms. The Morgan fingerprint density at radius 3 is 2.55 bits per heavy atom. The second-order valence-electron chi connectivity index (χ2n) is 4.02. The predicted octanol–water partition coefficient (Wildman–Crippen LogP) is 1.31. The number of aromatic carboxylic acids is 1. The summed E-state index contributed by atoms with van der Waals surface area (Å²) < 4.78 is 5.10. The lowest BCUT2D eigenvalue weighted by atomic mass is 10.1. The largest absolute Gasteiger partial charge is 0.545 e. The van der Waals surface area contributed by atoms with Crippen molar-refractivity contribution in [3.05, 3.63) is 59.7 Å². The van der Waals surface area contributed by atoms with Crippen LogP contribution < -0.4 is 15.2 Å². The fraction of sp³-hybridized carbons (Fsp3) is 0.0667. The van der Waals surface area contributed by atoms with E-state index in [0.29, 0.717) is 17.0 Å². The number of carbonyl (C=O) groups excluding carboxylic acids is 2. The van der Waals surface area contributed by atoms with Gasteiger partial charge in [-0.3, -0.25) is 4.79 Å². The fourth-order valence-corrected chi connectivity index (χ4v) is 1.75. The molecule has 0 heterocycles. The number of benzene rings is 2. The average Bonchev–Trinajstić information content (AvgIpc) is 2.47. The second kappa shape index (κ2) is 5.88. The van der Waals surface area contributed by atoms with E-state index in [9.17, 15) is 14.7 Å². The van der Waals surface area contributed by atoms with Crippen molar-refractivity contribution in [2.45, 2.75) is 0 Å². The predicted molar refractivity (Wildman–Crippen MR) is 71.7 cm³/mol. The standard InChI is InChI=1S/C15H13NO4/c1-20-13-8-3-2-7-12(13)14(17)16-11-6-4-5-10(9-11)15(18)19/h2-9H,1H3,(H,16,17)(H,18,19)/p-1. The summed E-state index contributed by atoms with van der Waals surface area (Å²) in [5.74, 6) is -1.22. The summed E-state index contributed by atoms with van der Waals surface area (Å²) in [5, 5.41) is 13.4. The van der Waals surface area contributed by atoms with Gasteiger partial charge >= 0.3 is 0 Å². The minimum Gasteiger partial charge on any atom is -0.545 e. The highest BCUT2D eigenvalue weighted by atomic mass is 16.5. The van der Waals surface area contributed by atoms with Gasteiger partial charge in [-0.2, -0.15) is 0 Å². The number of hydrogen-bond acceptors (Lipinski definition) is 4. The van der Waals surface area contributed by atoms with E-state index in [4.69, 9.17) is 4.74 Å². The third-order valence-corrected chi connectivity index (χ3v) is 2.71. The molecule has 5 heteroatoms. The van der Waals surface area contributed by atoms with Gasteiger partial charge in [-0.05, 0) is 29.8 Å². The molecule has 2 aromatic rings. The minimum absolute atomic E-state index is 0.00262. The van der Waals surface area contributed by atoms with Crippen LogP contribution in [-0.2, 0) is 0 Å². The maximum atomic E-state index is 12.1. The van der Waals surface area contributed by atoms with Crippen LogP contribution in [0.1, 0.15) is 20.7 Å². The van der Waals surface area contributed by atoms with E-state index in [1.165, 1.54) is 25.3 Å². The molecule has 2 aromatic carbocycles. The molecule has 0 aliphatic heterocycles. The lowest BCUT2D eigenvalue weighted by molar-refractivity contribution is -0.255. The van der Waals surface area contributed by atoms with Crippen molar-refractivity contribution in [2.75, 3.05) is 12.4 Å². The van der Waals surface area contributed by atoms with E-state index in [0.717, 1.165) is 0 Å². The van der Waals surface area contributed by atoms with Crippen molar-refractivity contribution in [3.8, 4) is 5.75 Å². The molecule has 0 aromatic heterocycles. The number of amides is 1. The molecular weight excluding hydrogens is 258 g/mol. The van der Waals surface area contributed by atoms with E-state index in [-0.39, 0.29) is 11.5 Å². The Kier molecular flexibility index (Phi) is 4.00. The SMILES string of the molecule is COc1ccccc1C(=O)Nc1cccc(C(=O)[O-])c1. The van der Waals surface area contributed by atoms with Gasteiger partial charge in [0.2, 0.25) is 0 Å². The molecule has 0 fully saturated rings. The molecule has 0 saturated heterocycles. The molecule has 20 heavy (non-hydrogen) atoms. The van der Waals surface area contributed by atoms with Crippen molar-refractivity contribution in [3.63, 3.8) is 0 Å². The van der Waals surface area contributed by atoms with Gasteiger partial charge in [-0.25, -0.2) is 0 Å². The highest BCUT2D eigenvalue weighted by Crippen LogP contribution is 2.19. The summed E-state index contributed by atoms with van der Waals surface area (Å²) in [6.45, 7) is 0. The Balaban J connectivity index is 2.23. The van der Waals surface area contributed by atoms with E-state index in [1.807, 2.05) is 0 Å². The molecule has 0 bridgehead atoms. The van der Waals surface area contributed by atoms with E-state index >= 15 is 0 Å². The highest BCUT2D eigenvalue weighted by Gasteiger charge is 2.11. The molecule has 0 unspecified atom stereocenters. The third-order valence-electron chi connectivity index (χ3n) is 2.71. The van der Waals surface area contributed by atoms with Gasteiger partial charge in [-0.1, -0.05) is 24.3 Å². The number of rotatable bonds is 4. The number of nitrogens with one attached hydrogen (secondary N) is 1. The Labute approximate surface area is 115 Å². The topological polar surface area (TPSA) is 78.5 Å². The first-order valence-corrected chi connectivity index (χ1v) is 5.87. The van der Waals surface area contributed by atoms with Gasteiger partial charge in [0, 0.05) is 5.69 Å². The van der Waals surface area contributed by atoms with Crippen molar-refractivity contribution in [1.82, 2.24) is 0 Å². The summed E-state index contributed by atoms with van der Waals surface area (Å²) in [7, 11) is 1.48. The normalized spacial score (nSPS) is 9.85. The number of para-hydroxylation sites is 1. The van der Waals surface area contributed by atoms with Crippen LogP contribution in [0.15, 0.2) is 48.5 Å². The van der Waals surface area contributed by atoms with Gasteiger partial charge in [-0.15, -0.1) is 0 Å². The first-order valence-electron chi connectivity index (χ1n) is 5.87. The number of carboxylic acid groups (broad SMARTS) is 1. The molecule has 0 radical (unpaired) electrons. The number of ether oxygens (including phenoxy) is 1. The molecule has 5 nitrogen and oxygen atoms in total. The summed E-state index contributed by atoms with van der Waals surface area (Å²) >= 11 is 0. The van der Waals surface area contributed by atoms with Gasteiger partial charge in [0.15, 0.2) is 0 Å². The zero-order valence-electron chi connectivity index (χ0n) is 10.8. The summed E-state index contributed by atoms with van der Waals surface area (Å²) in [4.78, 5) is 22.9. The number of anilines is 1. The number of methoxy groups -OCH3 is 1. The zero-order chi connectivity index (χ0) is 14.5. The summed E-state index contributed by atoms with van der Waals surface area (Å²) in [6.07, 6.45) is 0. The van der Waals surface area contributed by atoms with Gasteiger partial charge < -0.3 is 20.0 Å². The molecule has 0 atom stereocenters. The lowest BCUT2D eigenvalue weighted by Crippen LogP contribution is -2.22. The van der Waals surface area contributed by atoms with Crippen LogP contribution >= 0.6 is 0 Å². The number of carbonyl (C=O) groups is 2. The number of hydrogen-bond donors (Lipinski definition) is 1.